The van der Waals surface area contributed by atoms with Crippen molar-refractivity contribution in [2.24, 2.45) is 0 Å². The van der Waals surface area contributed by atoms with Crippen molar-refractivity contribution in [3.05, 3.63) is 0 Å². The number of unbranched alkanes of at least 4 members (excludes halogenated alkanes) is 19. The van der Waals surface area contributed by atoms with Gasteiger partial charge in [0, 0.05) is 0 Å². The van der Waals surface area contributed by atoms with Crippen LogP contribution in [0.5, 0.6) is 0 Å². The molecule has 0 nitrogen and oxygen atoms in total. The average molecular weight is 419 g/mol. The molecule has 0 rings (SSSR count). The van der Waals surface area contributed by atoms with E-state index in [9.17, 15) is 0 Å². The van der Waals surface area contributed by atoms with Crippen LogP contribution in [0, 0.1) is 0 Å². The van der Waals surface area contributed by atoms with Crippen LogP contribution in [0.3, 0.4) is 0 Å². The zero-order valence-corrected chi connectivity index (χ0v) is 18.8. The van der Waals surface area contributed by atoms with Crippen molar-refractivity contribution in [1.29, 1.82) is 0 Å². The summed E-state index contributed by atoms with van der Waals surface area (Å²) in [6.45, 7) is 9.12. The SMILES string of the molecule is C.C.C.C.CCCCCCCCCCC.CCCCCCCCCCCCCC. The van der Waals surface area contributed by atoms with E-state index in [-0.39, 0.29) is 29.7 Å². The van der Waals surface area contributed by atoms with Crippen molar-refractivity contribution >= 4 is 0 Å². The first-order valence-corrected chi connectivity index (χ1v) is 12.3. The molecular weight excluding hydrogens is 348 g/mol. The molecule has 0 aromatic heterocycles. The molecule has 0 amide bonds. The van der Waals surface area contributed by atoms with Crippen molar-refractivity contribution in [2.45, 2.75) is 192 Å². The maximum atomic E-state index is 2.29. The van der Waals surface area contributed by atoms with Crippen LogP contribution in [0.25, 0.3) is 0 Å². The third-order valence-corrected chi connectivity index (χ3v) is 5.16. The number of rotatable bonds is 19. The van der Waals surface area contributed by atoms with Crippen molar-refractivity contribution in [3.8, 4) is 0 Å². The molecule has 0 spiro atoms. The van der Waals surface area contributed by atoms with Gasteiger partial charge in [-0.3, -0.25) is 0 Å². The second-order valence-electron chi connectivity index (χ2n) is 8.01. The molecule has 0 unspecified atom stereocenters. The molecule has 186 valence electrons. The van der Waals surface area contributed by atoms with E-state index in [4.69, 9.17) is 0 Å². The zero-order chi connectivity index (χ0) is 18.8. The maximum Gasteiger partial charge on any atom is -0.0533 e. The smallest absolute Gasteiger partial charge is 0.0533 e. The molecule has 0 atom stereocenters. The van der Waals surface area contributed by atoms with Gasteiger partial charge in [0.1, 0.15) is 0 Å². The van der Waals surface area contributed by atoms with E-state index in [0.29, 0.717) is 0 Å². The Kier molecular flexibility index (Phi) is 68.6. The summed E-state index contributed by atoms with van der Waals surface area (Å²) >= 11 is 0. The topological polar surface area (TPSA) is 0 Å². The first kappa shape index (κ1) is 43.0. The Labute approximate surface area is 192 Å². The lowest BCUT2D eigenvalue weighted by Gasteiger charge is -2.01. The van der Waals surface area contributed by atoms with Gasteiger partial charge >= 0.3 is 0 Å². The van der Waals surface area contributed by atoms with Gasteiger partial charge < -0.3 is 0 Å². The molecule has 0 saturated carbocycles. The van der Waals surface area contributed by atoms with Crippen LogP contribution < -0.4 is 0 Å². The summed E-state index contributed by atoms with van der Waals surface area (Å²) < 4.78 is 0. The molecule has 0 aliphatic carbocycles. The molecule has 0 N–H and O–H groups in total. The standard InChI is InChI=1S/C14H30.C11H24.4CH4/c1-3-5-7-9-11-13-14-12-10-8-6-4-2;1-3-5-7-9-11-10-8-6-4-2;;;;/h3-14H2,1-2H3;3-11H2,1-2H3;4*1H4. The van der Waals surface area contributed by atoms with Gasteiger partial charge in [-0.15, -0.1) is 0 Å². The average Bonchev–Trinajstić information content (AvgIpc) is 2.63. The van der Waals surface area contributed by atoms with Gasteiger partial charge in [0.25, 0.3) is 0 Å². The molecule has 0 radical (unpaired) electrons. The third kappa shape index (κ3) is 52.4. The lowest BCUT2D eigenvalue weighted by Crippen LogP contribution is -1.81. The van der Waals surface area contributed by atoms with E-state index in [1.54, 1.807) is 0 Å². The quantitative estimate of drug-likeness (QED) is 0.183. The van der Waals surface area contributed by atoms with E-state index in [2.05, 4.69) is 27.7 Å². The minimum absolute atomic E-state index is 0. The van der Waals surface area contributed by atoms with Gasteiger partial charge in [-0.2, -0.15) is 0 Å². The zero-order valence-electron chi connectivity index (χ0n) is 18.8. The van der Waals surface area contributed by atoms with Crippen LogP contribution in [-0.4, -0.2) is 0 Å². The van der Waals surface area contributed by atoms with Gasteiger partial charge in [-0.1, -0.05) is 192 Å². The Hall–Kier alpha value is 0. The summed E-state index contributed by atoms with van der Waals surface area (Å²) in [5.41, 5.74) is 0. The van der Waals surface area contributed by atoms with Crippen molar-refractivity contribution < 1.29 is 0 Å². The molecule has 0 heterocycles. The van der Waals surface area contributed by atoms with Gasteiger partial charge in [0.2, 0.25) is 0 Å². The minimum atomic E-state index is 0. The highest BCUT2D eigenvalue weighted by molar-refractivity contribution is 4.47. The second kappa shape index (κ2) is 46.3. The summed E-state index contributed by atoms with van der Waals surface area (Å²) in [5.74, 6) is 0. The summed E-state index contributed by atoms with van der Waals surface area (Å²) in [4.78, 5) is 0. The molecule has 0 aromatic carbocycles. The molecular formula is C29H70. The highest BCUT2D eigenvalue weighted by Crippen LogP contribution is 2.11. The molecule has 0 aliphatic heterocycles. The Bertz CT molecular complexity index is 164. The maximum absolute atomic E-state index is 2.29. The largest absolute Gasteiger partial charge is 0.0776 e. The Balaban J connectivity index is -0.0000000818. The number of hydrogen-bond acceptors (Lipinski definition) is 0. The van der Waals surface area contributed by atoms with Gasteiger partial charge in [0.05, 0.1) is 0 Å². The van der Waals surface area contributed by atoms with Crippen LogP contribution in [-0.2, 0) is 0 Å². The predicted octanol–water partition coefficient (Wildman–Crippen LogP) is 12.8. The molecule has 0 bridgehead atoms. The van der Waals surface area contributed by atoms with Gasteiger partial charge in [-0.05, 0) is 0 Å². The van der Waals surface area contributed by atoms with E-state index in [1.807, 2.05) is 0 Å². The molecule has 0 saturated heterocycles. The van der Waals surface area contributed by atoms with Crippen LogP contribution in [0.15, 0.2) is 0 Å². The van der Waals surface area contributed by atoms with Gasteiger partial charge in [0.15, 0.2) is 0 Å². The molecule has 0 fully saturated rings. The van der Waals surface area contributed by atoms with Crippen molar-refractivity contribution in [3.63, 3.8) is 0 Å². The molecule has 29 heavy (non-hydrogen) atoms. The lowest BCUT2D eigenvalue weighted by atomic mass is 10.1. The summed E-state index contributed by atoms with van der Waals surface area (Å²) in [7, 11) is 0. The van der Waals surface area contributed by atoms with Crippen LogP contribution in [0.2, 0.25) is 0 Å². The minimum Gasteiger partial charge on any atom is -0.0776 e. The normalized spacial score (nSPS) is 9.10. The Morgan fingerprint density at radius 2 is 0.310 bits per heavy atom. The van der Waals surface area contributed by atoms with E-state index in [0.717, 1.165) is 0 Å². The fourth-order valence-corrected chi connectivity index (χ4v) is 3.30. The predicted molar refractivity (Wildman–Crippen MR) is 147 cm³/mol. The van der Waals surface area contributed by atoms with E-state index in [1.165, 1.54) is 135 Å². The fourth-order valence-electron chi connectivity index (χ4n) is 3.30. The first-order chi connectivity index (χ1) is 12.3. The molecule has 0 aliphatic rings. The lowest BCUT2D eigenvalue weighted by molar-refractivity contribution is 0.548. The third-order valence-electron chi connectivity index (χ3n) is 5.16. The molecule has 0 heteroatoms. The van der Waals surface area contributed by atoms with Crippen molar-refractivity contribution in [1.82, 2.24) is 0 Å². The van der Waals surface area contributed by atoms with Crippen molar-refractivity contribution in [2.75, 3.05) is 0 Å². The molecule has 0 aromatic rings. The van der Waals surface area contributed by atoms with Crippen LogP contribution in [0.1, 0.15) is 192 Å². The summed E-state index contributed by atoms with van der Waals surface area (Å²) in [6, 6.07) is 0. The highest BCUT2D eigenvalue weighted by atomic mass is 14.0. The number of hydrogen-bond donors (Lipinski definition) is 0. The Morgan fingerprint density at radius 3 is 0.414 bits per heavy atom. The first-order valence-electron chi connectivity index (χ1n) is 12.3. The summed E-state index contributed by atoms with van der Waals surface area (Å²) in [5, 5.41) is 0. The monoisotopic (exact) mass is 419 g/mol. The van der Waals surface area contributed by atoms with E-state index >= 15 is 0 Å². The van der Waals surface area contributed by atoms with E-state index < -0.39 is 0 Å². The van der Waals surface area contributed by atoms with Crippen LogP contribution >= 0.6 is 0 Å². The second-order valence-corrected chi connectivity index (χ2v) is 8.01. The fraction of sp³-hybridized carbons (Fsp3) is 1.00. The Morgan fingerprint density at radius 1 is 0.207 bits per heavy atom. The van der Waals surface area contributed by atoms with Gasteiger partial charge in [-0.25, -0.2) is 0 Å². The highest BCUT2D eigenvalue weighted by Gasteiger charge is 1.92. The van der Waals surface area contributed by atoms with Crippen LogP contribution in [0.4, 0.5) is 0 Å². The summed E-state index contributed by atoms with van der Waals surface area (Å²) in [6.07, 6.45) is 30.4.